The van der Waals surface area contributed by atoms with Crippen molar-refractivity contribution >= 4 is 154 Å². The van der Waals surface area contributed by atoms with Crippen LogP contribution in [-0.4, -0.2) is 83.9 Å². The molecule has 0 atom stereocenters. The molecule has 0 bridgehead atoms. The van der Waals surface area contributed by atoms with Crippen molar-refractivity contribution in [1.29, 1.82) is 0 Å². The van der Waals surface area contributed by atoms with Crippen LogP contribution in [0.5, 0.6) is 0 Å². The normalized spacial score (nSPS) is 10.4. The van der Waals surface area contributed by atoms with Crippen molar-refractivity contribution in [3.63, 3.8) is 0 Å². The molecular weight excluding hydrogens is 712 g/mol. The van der Waals surface area contributed by atoms with Crippen LogP contribution in [-0.2, 0) is 4.79 Å². The Morgan fingerprint density at radius 3 is 0.950 bits per heavy atom. The first-order valence-corrected chi connectivity index (χ1v) is 12.3. The third-order valence-electron chi connectivity index (χ3n) is 3.83. The molecule has 0 fully saturated rings. The Balaban J connectivity index is 2.57. The Hall–Kier alpha value is -2.58. The van der Waals surface area contributed by atoms with Crippen molar-refractivity contribution in [2.24, 2.45) is 0 Å². The number of aromatic nitrogens is 6. The molecule has 40 heavy (non-hydrogen) atoms. The van der Waals surface area contributed by atoms with Crippen molar-refractivity contribution in [3.05, 3.63) is 0 Å². The highest BCUT2D eigenvalue weighted by molar-refractivity contribution is 6.46. The van der Waals surface area contributed by atoms with Gasteiger partial charge in [-0.2, -0.15) is 52.0 Å². The van der Waals surface area contributed by atoms with Gasteiger partial charge in [-0.15, -0.1) is 0 Å². The van der Waals surface area contributed by atoms with E-state index in [9.17, 15) is 19.2 Å². The van der Waals surface area contributed by atoms with Crippen molar-refractivity contribution in [2.45, 2.75) is 6.92 Å². The van der Waals surface area contributed by atoms with Gasteiger partial charge in [-0.25, -0.2) is 23.2 Å². The number of amides is 7. The van der Waals surface area contributed by atoms with Gasteiger partial charge in [-0.1, -0.05) is 0 Å². The van der Waals surface area contributed by atoms with E-state index in [-0.39, 0.29) is 14.8 Å². The molecule has 0 saturated carbocycles. The average Bonchev–Trinajstić information content (AvgIpc) is 2.92. The van der Waals surface area contributed by atoms with Crippen LogP contribution in [0, 0.1) is 0 Å². The summed E-state index contributed by atoms with van der Waals surface area (Å²) in [7, 11) is 3.61. The number of rotatable bonds is 6. The number of hydrogen-bond acceptors (Lipinski definition) is 11. The largest absolute Gasteiger partial charge is 0.363 e. The molecular formula is C14H12Cl8N14O4. The summed E-state index contributed by atoms with van der Waals surface area (Å²) in [6.07, 6.45) is 0. The van der Waals surface area contributed by atoms with Gasteiger partial charge in [0.15, 0.2) is 0 Å². The van der Waals surface area contributed by atoms with E-state index in [1.807, 2.05) is 0 Å². The summed E-state index contributed by atoms with van der Waals surface area (Å²) in [6, 6.07) is -3.42. The van der Waals surface area contributed by atoms with E-state index in [0.29, 0.717) is 22.1 Å². The SMILES string of the molecule is CC(=O)N(Cl)c1nc(N(Cl)C(=O)N(C)Cl)nc(N(Cl)C(=O)N(Cl)c2nc(N(C)Cl)nc(N(Cl)C(=O)N(C)Cl)n2)n1. The van der Waals surface area contributed by atoms with E-state index in [2.05, 4.69) is 29.9 Å². The molecule has 0 aromatic carbocycles. The first-order valence-electron chi connectivity index (χ1n) is 9.60. The monoisotopic (exact) mass is 720 g/mol. The number of carbonyl (C=O) groups is 4. The summed E-state index contributed by atoms with van der Waals surface area (Å²) in [5, 5.41) is 0. The zero-order valence-corrected chi connectivity index (χ0v) is 26.0. The Morgan fingerprint density at radius 1 is 0.450 bits per heavy atom. The van der Waals surface area contributed by atoms with Crippen LogP contribution in [0.25, 0.3) is 0 Å². The Bertz CT molecular complexity index is 1300. The molecule has 0 N–H and O–H groups in total. The molecule has 0 spiro atoms. The van der Waals surface area contributed by atoms with E-state index in [4.69, 9.17) is 94.2 Å². The van der Waals surface area contributed by atoms with Gasteiger partial charge in [-0.3, -0.25) is 9.21 Å². The van der Waals surface area contributed by atoms with Gasteiger partial charge in [0, 0.05) is 122 Å². The molecule has 26 heteroatoms. The molecule has 2 aromatic heterocycles. The van der Waals surface area contributed by atoms with Crippen molar-refractivity contribution in [2.75, 3.05) is 47.7 Å². The minimum atomic E-state index is -1.36. The van der Waals surface area contributed by atoms with Gasteiger partial charge in [0.05, 0.1) is 0 Å². The molecule has 2 heterocycles. The molecule has 18 nitrogen and oxygen atoms in total. The van der Waals surface area contributed by atoms with Crippen LogP contribution in [0.1, 0.15) is 6.92 Å². The predicted molar refractivity (Wildman–Crippen MR) is 150 cm³/mol. The third kappa shape index (κ3) is 7.78. The minimum absolute atomic E-state index is 0.190. The van der Waals surface area contributed by atoms with Crippen LogP contribution < -0.4 is 26.5 Å². The summed E-state index contributed by atoms with van der Waals surface area (Å²) in [4.78, 5) is 72.1. The molecule has 2 rings (SSSR count). The van der Waals surface area contributed by atoms with E-state index in [0.717, 1.165) is 18.4 Å². The summed E-state index contributed by atoms with van der Waals surface area (Å²) < 4.78 is 3.47. The van der Waals surface area contributed by atoms with Crippen LogP contribution >= 0.6 is 94.2 Å². The van der Waals surface area contributed by atoms with E-state index >= 15 is 0 Å². The minimum Gasteiger partial charge on any atom is -0.273 e. The second-order valence-electron chi connectivity index (χ2n) is 6.67. The van der Waals surface area contributed by atoms with Crippen LogP contribution in [0.2, 0.25) is 0 Å². The number of carbonyl (C=O) groups excluding carboxylic acids is 4. The molecule has 0 aliphatic rings. The summed E-state index contributed by atoms with van der Waals surface area (Å²) >= 11 is 47.1. The molecule has 7 amide bonds. The number of nitrogens with zero attached hydrogens (tertiary/aromatic N) is 14. The molecule has 218 valence electrons. The maximum absolute atomic E-state index is 13.1. The highest BCUT2D eigenvalue weighted by Crippen LogP contribution is 2.27. The first-order chi connectivity index (χ1) is 18.5. The summed E-state index contributed by atoms with van der Waals surface area (Å²) in [5.74, 6) is -4.35. The maximum Gasteiger partial charge on any atom is 0.363 e. The second-order valence-corrected chi connectivity index (χ2v) is 9.88. The second kappa shape index (κ2) is 13.9. The third-order valence-corrected chi connectivity index (χ3v) is 5.84. The summed E-state index contributed by atoms with van der Waals surface area (Å²) in [5.41, 5.74) is 0. The highest BCUT2D eigenvalue weighted by Gasteiger charge is 2.32. The standard InChI is InChI=1S/C14H12Cl8N14O4/c1-5(37)32(18)7-25-10(34(20)13(39)31(4)17)28-11(26-7)36(22)14(40)35(21)9-24-6(29(2)15)23-8(27-9)33(19)12(38)30(3)16/h1-4H3. The molecule has 0 radical (unpaired) electrons. The number of urea groups is 3. The van der Waals surface area contributed by atoms with E-state index in [1.54, 1.807) is 0 Å². The fraction of sp³-hybridized carbons (Fsp3) is 0.286. The highest BCUT2D eigenvalue weighted by atomic mass is 35.5. The zero-order chi connectivity index (χ0) is 30.6. The van der Waals surface area contributed by atoms with Crippen LogP contribution in [0.3, 0.4) is 0 Å². The van der Waals surface area contributed by atoms with E-state index in [1.165, 1.54) is 14.1 Å². The lowest BCUT2D eigenvalue weighted by atomic mass is 10.6. The fourth-order valence-corrected chi connectivity index (χ4v) is 3.16. The van der Waals surface area contributed by atoms with Gasteiger partial charge in [0.25, 0.3) is 29.7 Å². The van der Waals surface area contributed by atoms with Crippen molar-refractivity contribution < 1.29 is 19.2 Å². The number of halogens is 8. The van der Waals surface area contributed by atoms with Crippen molar-refractivity contribution in [3.8, 4) is 0 Å². The molecule has 0 aliphatic carbocycles. The molecule has 2 aromatic rings. The lowest BCUT2D eigenvalue weighted by molar-refractivity contribution is -0.115. The topological polar surface area (TPSA) is 172 Å². The lowest BCUT2D eigenvalue weighted by Gasteiger charge is -2.22. The fourth-order valence-electron chi connectivity index (χ4n) is 2.07. The quantitative estimate of drug-likeness (QED) is 0.391. The first kappa shape index (κ1) is 33.6. The molecule has 0 aliphatic heterocycles. The molecule has 0 unspecified atom stereocenters. The molecule has 0 saturated heterocycles. The van der Waals surface area contributed by atoms with Gasteiger partial charge in [0.2, 0.25) is 11.9 Å². The smallest absolute Gasteiger partial charge is 0.273 e. The Morgan fingerprint density at radius 2 is 0.700 bits per heavy atom. The van der Waals surface area contributed by atoms with E-state index < -0.39 is 53.7 Å². The summed E-state index contributed by atoms with van der Waals surface area (Å²) in [6.45, 7) is 1.05. The van der Waals surface area contributed by atoms with Gasteiger partial charge < -0.3 is 0 Å². The van der Waals surface area contributed by atoms with Gasteiger partial charge >= 0.3 is 18.1 Å². The maximum atomic E-state index is 13.1. The zero-order valence-electron chi connectivity index (χ0n) is 19.9. The Kier molecular flexibility index (Phi) is 11.6. The van der Waals surface area contributed by atoms with Gasteiger partial charge in [0.1, 0.15) is 0 Å². The van der Waals surface area contributed by atoms with Crippen molar-refractivity contribution in [1.82, 2.24) is 38.7 Å². The lowest BCUT2D eigenvalue weighted by Crippen LogP contribution is -2.37. The van der Waals surface area contributed by atoms with Crippen LogP contribution in [0.15, 0.2) is 0 Å². The average molecular weight is 724 g/mol. The Labute approximate surface area is 265 Å². The van der Waals surface area contributed by atoms with Crippen LogP contribution in [0.4, 0.5) is 50.1 Å². The number of hydrogen-bond donors (Lipinski definition) is 0. The number of anilines is 6. The van der Waals surface area contributed by atoms with Gasteiger partial charge in [-0.05, 0) is 0 Å². The predicted octanol–water partition coefficient (Wildman–Crippen LogP) is 4.23.